The molecule has 0 fully saturated rings. The lowest BCUT2D eigenvalue weighted by atomic mass is 10.1. The molecule has 2 N–H and O–H groups in total. The minimum atomic E-state index is -0.292. The summed E-state index contributed by atoms with van der Waals surface area (Å²) >= 11 is 8.05. The van der Waals surface area contributed by atoms with Crippen molar-refractivity contribution in [3.63, 3.8) is 0 Å². The van der Waals surface area contributed by atoms with Crippen molar-refractivity contribution in [3.8, 4) is 5.69 Å². The minimum Gasteiger partial charge on any atom is -0.325 e. The van der Waals surface area contributed by atoms with Crippen LogP contribution in [0.1, 0.15) is 10.4 Å². The summed E-state index contributed by atoms with van der Waals surface area (Å²) in [6, 6.07) is 25.7. The predicted molar refractivity (Wildman–Crippen MR) is 132 cm³/mol. The summed E-state index contributed by atoms with van der Waals surface area (Å²) in [6.45, 7) is 0. The number of hydrogen-bond acceptors (Lipinski definition) is 6. The molecule has 0 bridgehead atoms. The summed E-state index contributed by atoms with van der Waals surface area (Å²) in [5.41, 5.74) is 2.40. The second-order valence-corrected chi connectivity index (χ2v) is 9.43. The van der Waals surface area contributed by atoms with Crippen molar-refractivity contribution in [2.75, 3.05) is 16.4 Å². The van der Waals surface area contributed by atoms with Crippen LogP contribution in [-0.4, -0.2) is 27.3 Å². The van der Waals surface area contributed by atoms with Gasteiger partial charge in [-0.25, -0.2) is 4.68 Å². The zero-order chi connectivity index (χ0) is 22.3. The lowest BCUT2D eigenvalue weighted by molar-refractivity contribution is -0.113. The van der Waals surface area contributed by atoms with Crippen LogP contribution in [0, 0.1) is 3.95 Å². The Bertz CT molecular complexity index is 1290. The SMILES string of the molecule is O=C(CSc1nn(-c2ccccc2)c(=S)s1)Nc1ccccc1C(=O)Nc1ccccc1. The molecule has 9 heteroatoms. The maximum absolute atomic E-state index is 12.7. The highest BCUT2D eigenvalue weighted by Gasteiger charge is 2.14. The predicted octanol–water partition coefficient (Wildman–Crippen LogP) is 5.65. The minimum absolute atomic E-state index is 0.145. The van der Waals surface area contributed by atoms with Gasteiger partial charge in [0.15, 0.2) is 8.29 Å². The highest BCUT2D eigenvalue weighted by atomic mass is 32.2. The summed E-state index contributed by atoms with van der Waals surface area (Å²) in [7, 11) is 0. The van der Waals surface area contributed by atoms with Gasteiger partial charge in [0.25, 0.3) is 5.91 Å². The number of carbonyl (C=O) groups excluding carboxylic acids is 2. The highest BCUT2D eigenvalue weighted by molar-refractivity contribution is 8.01. The second-order valence-electron chi connectivity index (χ2n) is 6.58. The van der Waals surface area contributed by atoms with Crippen LogP contribution in [0.25, 0.3) is 5.69 Å². The van der Waals surface area contributed by atoms with Gasteiger partial charge in [-0.2, -0.15) is 0 Å². The smallest absolute Gasteiger partial charge is 0.257 e. The van der Waals surface area contributed by atoms with E-state index in [1.54, 1.807) is 41.1 Å². The average Bonchev–Trinajstić information content (AvgIpc) is 3.20. The number of anilines is 2. The van der Waals surface area contributed by atoms with Crippen molar-refractivity contribution < 1.29 is 9.59 Å². The summed E-state index contributed by atoms with van der Waals surface area (Å²) in [4.78, 5) is 25.2. The number of amides is 2. The number of para-hydroxylation sites is 3. The Morgan fingerprint density at radius 3 is 2.31 bits per heavy atom. The monoisotopic (exact) mass is 478 g/mol. The van der Waals surface area contributed by atoms with E-state index in [2.05, 4.69) is 15.7 Å². The molecule has 160 valence electrons. The van der Waals surface area contributed by atoms with E-state index in [4.69, 9.17) is 12.2 Å². The number of carbonyl (C=O) groups is 2. The summed E-state index contributed by atoms with van der Waals surface area (Å²) in [5, 5.41) is 10.2. The molecule has 0 saturated carbocycles. The molecule has 0 spiro atoms. The highest BCUT2D eigenvalue weighted by Crippen LogP contribution is 2.25. The van der Waals surface area contributed by atoms with Crippen molar-refractivity contribution in [1.29, 1.82) is 0 Å². The molecule has 4 rings (SSSR count). The molecule has 1 aromatic heterocycles. The van der Waals surface area contributed by atoms with Crippen molar-refractivity contribution in [1.82, 2.24) is 9.78 Å². The Labute approximate surface area is 198 Å². The molecule has 0 unspecified atom stereocenters. The van der Waals surface area contributed by atoms with E-state index in [1.807, 2.05) is 48.5 Å². The first-order chi connectivity index (χ1) is 15.6. The first kappa shape index (κ1) is 21.9. The zero-order valence-electron chi connectivity index (χ0n) is 16.7. The number of aromatic nitrogens is 2. The zero-order valence-corrected chi connectivity index (χ0v) is 19.2. The fourth-order valence-corrected chi connectivity index (χ4v) is 5.04. The van der Waals surface area contributed by atoms with Crippen LogP contribution >= 0.6 is 35.3 Å². The maximum atomic E-state index is 12.7. The fraction of sp³-hybridized carbons (Fsp3) is 0.0435. The molecular weight excluding hydrogens is 460 g/mol. The van der Waals surface area contributed by atoms with Crippen LogP contribution in [0.5, 0.6) is 0 Å². The molecule has 0 aliphatic heterocycles. The Morgan fingerprint density at radius 2 is 1.56 bits per heavy atom. The molecule has 3 aromatic carbocycles. The number of nitrogens with one attached hydrogen (secondary N) is 2. The van der Waals surface area contributed by atoms with Crippen molar-refractivity contribution >= 4 is 58.5 Å². The van der Waals surface area contributed by atoms with Crippen molar-refractivity contribution in [2.24, 2.45) is 0 Å². The van der Waals surface area contributed by atoms with Gasteiger partial charge in [-0.1, -0.05) is 71.6 Å². The van der Waals surface area contributed by atoms with Gasteiger partial charge in [0, 0.05) is 5.69 Å². The fourth-order valence-electron chi connectivity index (χ4n) is 2.88. The van der Waals surface area contributed by atoms with Crippen LogP contribution < -0.4 is 10.6 Å². The first-order valence-electron chi connectivity index (χ1n) is 9.64. The molecule has 0 aliphatic rings. The van der Waals surface area contributed by atoms with Crippen LogP contribution in [0.4, 0.5) is 11.4 Å². The average molecular weight is 479 g/mol. The Kier molecular flexibility index (Phi) is 7.10. The third kappa shape index (κ3) is 5.50. The third-order valence-electron chi connectivity index (χ3n) is 4.33. The van der Waals surface area contributed by atoms with Crippen LogP contribution in [-0.2, 0) is 4.79 Å². The summed E-state index contributed by atoms with van der Waals surface area (Å²) in [5.74, 6) is -0.382. The van der Waals surface area contributed by atoms with E-state index in [0.717, 1.165) is 5.69 Å². The molecule has 4 aromatic rings. The maximum Gasteiger partial charge on any atom is 0.257 e. The Balaban J connectivity index is 1.40. The molecule has 6 nitrogen and oxygen atoms in total. The quantitative estimate of drug-likeness (QED) is 0.265. The van der Waals surface area contributed by atoms with Gasteiger partial charge in [0.1, 0.15) is 0 Å². The third-order valence-corrected chi connectivity index (χ3v) is 6.70. The standard InChI is InChI=1S/C23H18N4O2S3/c28-20(15-31-22-26-27(23(30)32-22)17-11-5-2-6-12-17)25-19-14-8-7-13-18(19)21(29)24-16-9-3-1-4-10-16/h1-14H,15H2,(H,24,29)(H,25,28). The molecular formula is C23H18N4O2S3. The summed E-state index contributed by atoms with van der Waals surface area (Å²) < 4.78 is 3.00. The number of thioether (sulfide) groups is 1. The van der Waals surface area contributed by atoms with Gasteiger partial charge in [-0.15, -0.1) is 5.10 Å². The van der Waals surface area contributed by atoms with Gasteiger partial charge < -0.3 is 10.6 Å². The van der Waals surface area contributed by atoms with Crippen LogP contribution in [0.3, 0.4) is 0 Å². The number of nitrogens with zero attached hydrogens (tertiary/aromatic N) is 2. The molecule has 0 atom stereocenters. The largest absolute Gasteiger partial charge is 0.325 e. The Hall–Kier alpha value is -3.27. The van der Waals surface area contributed by atoms with Crippen molar-refractivity contribution in [2.45, 2.75) is 4.34 Å². The second kappa shape index (κ2) is 10.4. The van der Waals surface area contributed by atoms with Crippen molar-refractivity contribution in [3.05, 3.63) is 94.4 Å². The van der Waals surface area contributed by atoms with E-state index in [0.29, 0.717) is 25.2 Å². The van der Waals surface area contributed by atoms with Gasteiger partial charge in [0.2, 0.25) is 5.91 Å². The normalized spacial score (nSPS) is 10.5. The van der Waals surface area contributed by atoms with E-state index >= 15 is 0 Å². The van der Waals surface area contributed by atoms with Gasteiger partial charge in [-0.05, 0) is 48.6 Å². The lowest BCUT2D eigenvalue weighted by Gasteiger charge is -2.11. The molecule has 2 amide bonds. The topological polar surface area (TPSA) is 76.0 Å². The first-order valence-corrected chi connectivity index (χ1v) is 11.8. The molecule has 0 aliphatic carbocycles. The van der Waals surface area contributed by atoms with E-state index < -0.39 is 0 Å². The Morgan fingerprint density at radius 1 is 0.906 bits per heavy atom. The van der Waals surface area contributed by atoms with Gasteiger partial charge in [-0.3, -0.25) is 9.59 Å². The summed E-state index contributed by atoms with van der Waals surface area (Å²) in [6.07, 6.45) is 0. The van der Waals surface area contributed by atoms with Gasteiger partial charge >= 0.3 is 0 Å². The molecule has 0 saturated heterocycles. The molecule has 32 heavy (non-hydrogen) atoms. The van der Waals surface area contributed by atoms with E-state index in [1.165, 1.54) is 23.1 Å². The van der Waals surface area contributed by atoms with E-state index in [9.17, 15) is 9.59 Å². The lowest BCUT2D eigenvalue weighted by Crippen LogP contribution is -2.19. The van der Waals surface area contributed by atoms with Gasteiger partial charge in [0.05, 0.1) is 22.7 Å². The number of rotatable bonds is 7. The molecule has 0 radical (unpaired) electrons. The van der Waals surface area contributed by atoms with Crippen LogP contribution in [0.15, 0.2) is 89.3 Å². The van der Waals surface area contributed by atoms with E-state index in [-0.39, 0.29) is 17.6 Å². The number of benzene rings is 3. The molecule has 1 heterocycles. The van der Waals surface area contributed by atoms with Crippen LogP contribution in [0.2, 0.25) is 0 Å². The number of hydrogen-bond donors (Lipinski definition) is 2.